The molecule has 0 aliphatic rings. The maximum Gasteiger partial charge on any atom is 0.244 e. The van der Waals surface area contributed by atoms with E-state index in [1.807, 2.05) is 19.0 Å². The first-order chi connectivity index (χ1) is 6.85. The Balaban J connectivity index is 3.10. The molecule has 0 aromatic carbocycles. The summed E-state index contributed by atoms with van der Waals surface area (Å²) in [6.45, 7) is 0. The summed E-state index contributed by atoms with van der Waals surface area (Å²) in [6.07, 6.45) is 1.37. The fourth-order valence-electron chi connectivity index (χ4n) is 1.00. The zero-order valence-electron chi connectivity index (χ0n) is 9.30. The third-order valence-electron chi connectivity index (χ3n) is 1.96. The standard InChI is InChI=1S/C9H15N3O2S/c1-11(2)9-6-5-8(7-10-9)15(13,14)12(3)4/h5-7H,1-4H3. The van der Waals surface area contributed by atoms with Gasteiger partial charge >= 0.3 is 0 Å². The summed E-state index contributed by atoms with van der Waals surface area (Å²) < 4.78 is 24.5. The Labute approximate surface area is 90.4 Å². The Kier molecular flexibility index (Phi) is 3.31. The molecule has 1 aromatic heterocycles. The minimum atomic E-state index is -3.37. The Bertz CT molecular complexity index is 423. The number of hydrogen-bond acceptors (Lipinski definition) is 4. The molecule has 0 amide bonds. The second kappa shape index (κ2) is 4.16. The lowest BCUT2D eigenvalue weighted by molar-refractivity contribution is 0.520. The number of rotatable bonds is 3. The van der Waals surface area contributed by atoms with Crippen molar-refractivity contribution in [2.45, 2.75) is 4.90 Å². The van der Waals surface area contributed by atoms with Crippen LogP contribution < -0.4 is 4.90 Å². The lowest BCUT2D eigenvalue weighted by atomic mass is 10.4. The molecule has 0 unspecified atom stereocenters. The molecule has 1 heterocycles. The van der Waals surface area contributed by atoms with E-state index in [0.29, 0.717) is 0 Å². The maximum atomic E-state index is 11.7. The molecule has 0 saturated heterocycles. The third-order valence-corrected chi connectivity index (χ3v) is 3.76. The summed E-state index contributed by atoms with van der Waals surface area (Å²) in [5.41, 5.74) is 0. The van der Waals surface area contributed by atoms with Crippen LogP contribution in [-0.2, 0) is 10.0 Å². The molecule has 0 spiro atoms. The van der Waals surface area contributed by atoms with E-state index < -0.39 is 10.0 Å². The number of pyridine rings is 1. The van der Waals surface area contributed by atoms with Gasteiger partial charge in [0, 0.05) is 34.4 Å². The highest BCUT2D eigenvalue weighted by Crippen LogP contribution is 2.14. The minimum Gasteiger partial charge on any atom is -0.363 e. The van der Waals surface area contributed by atoms with Crippen molar-refractivity contribution < 1.29 is 8.42 Å². The van der Waals surface area contributed by atoms with Gasteiger partial charge in [0.15, 0.2) is 0 Å². The van der Waals surface area contributed by atoms with E-state index in [0.717, 1.165) is 5.82 Å². The van der Waals surface area contributed by atoms with Crippen LogP contribution in [0, 0.1) is 0 Å². The second-order valence-corrected chi connectivity index (χ2v) is 5.69. The molecule has 6 heteroatoms. The highest BCUT2D eigenvalue weighted by Gasteiger charge is 2.17. The molecular weight excluding hydrogens is 214 g/mol. The fourth-order valence-corrected chi connectivity index (χ4v) is 1.85. The molecular formula is C9H15N3O2S. The number of aromatic nitrogens is 1. The number of nitrogens with zero attached hydrogens (tertiary/aromatic N) is 3. The molecule has 0 saturated carbocycles. The van der Waals surface area contributed by atoms with Crippen molar-refractivity contribution in [2.75, 3.05) is 33.1 Å². The average molecular weight is 229 g/mol. The fraction of sp³-hybridized carbons (Fsp3) is 0.444. The molecule has 0 radical (unpaired) electrons. The van der Waals surface area contributed by atoms with Crippen LogP contribution in [0.1, 0.15) is 0 Å². The normalized spacial score (nSPS) is 11.8. The molecule has 15 heavy (non-hydrogen) atoms. The summed E-state index contributed by atoms with van der Waals surface area (Å²) in [6, 6.07) is 3.23. The molecule has 0 bridgehead atoms. The van der Waals surface area contributed by atoms with Crippen LogP contribution in [0.25, 0.3) is 0 Å². The van der Waals surface area contributed by atoms with Crippen LogP contribution >= 0.6 is 0 Å². The molecule has 1 aromatic rings. The lowest BCUT2D eigenvalue weighted by Gasteiger charge is -2.13. The van der Waals surface area contributed by atoms with E-state index in [4.69, 9.17) is 0 Å². The van der Waals surface area contributed by atoms with Gasteiger partial charge in [0.1, 0.15) is 10.7 Å². The first-order valence-electron chi connectivity index (χ1n) is 4.41. The summed E-state index contributed by atoms with van der Waals surface area (Å²) in [7, 11) is 3.32. The van der Waals surface area contributed by atoms with Gasteiger partial charge in [-0.2, -0.15) is 0 Å². The molecule has 1 rings (SSSR count). The smallest absolute Gasteiger partial charge is 0.244 e. The lowest BCUT2D eigenvalue weighted by Crippen LogP contribution is -2.22. The Morgan fingerprint density at radius 2 is 1.73 bits per heavy atom. The van der Waals surface area contributed by atoms with Gasteiger partial charge in [0.05, 0.1) is 0 Å². The quantitative estimate of drug-likeness (QED) is 0.752. The number of hydrogen-bond donors (Lipinski definition) is 0. The highest BCUT2D eigenvalue weighted by atomic mass is 32.2. The van der Waals surface area contributed by atoms with Crippen molar-refractivity contribution in [3.63, 3.8) is 0 Å². The zero-order valence-corrected chi connectivity index (χ0v) is 10.1. The molecule has 0 aliphatic heterocycles. The van der Waals surface area contributed by atoms with Gasteiger partial charge in [-0.1, -0.05) is 0 Å². The van der Waals surface area contributed by atoms with Gasteiger partial charge in [-0.15, -0.1) is 0 Å². The highest BCUT2D eigenvalue weighted by molar-refractivity contribution is 7.89. The van der Waals surface area contributed by atoms with E-state index >= 15 is 0 Å². The van der Waals surface area contributed by atoms with Gasteiger partial charge in [0.2, 0.25) is 10.0 Å². The number of anilines is 1. The van der Waals surface area contributed by atoms with Gasteiger partial charge in [-0.3, -0.25) is 0 Å². The summed E-state index contributed by atoms with van der Waals surface area (Å²) in [5, 5.41) is 0. The van der Waals surface area contributed by atoms with Gasteiger partial charge in [-0.25, -0.2) is 17.7 Å². The first-order valence-corrected chi connectivity index (χ1v) is 5.85. The van der Waals surface area contributed by atoms with Gasteiger partial charge in [0.25, 0.3) is 0 Å². The van der Waals surface area contributed by atoms with E-state index in [9.17, 15) is 8.42 Å². The second-order valence-electron chi connectivity index (χ2n) is 3.53. The molecule has 0 atom stereocenters. The molecule has 84 valence electrons. The third kappa shape index (κ3) is 2.45. The topological polar surface area (TPSA) is 53.5 Å². The maximum absolute atomic E-state index is 11.7. The molecule has 5 nitrogen and oxygen atoms in total. The summed E-state index contributed by atoms with van der Waals surface area (Å²) in [5.74, 6) is 0.729. The Morgan fingerprint density at radius 3 is 2.07 bits per heavy atom. The Hall–Kier alpha value is -1.14. The van der Waals surface area contributed by atoms with Crippen molar-refractivity contribution in [1.29, 1.82) is 0 Å². The van der Waals surface area contributed by atoms with Crippen LogP contribution in [0.5, 0.6) is 0 Å². The van der Waals surface area contributed by atoms with Gasteiger partial charge < -0.3 is 4.90 Å². The minimum absolute atomic E-state index is 0.207. The van der Waals surface area contributed by atoms with Crippen LogP contribution in [0.4, 0.5) is 5.82 Å². The van der Waals surface area contributed by atoms with Crippen molar-refractivity contribution >= 4 is 15.8 Å². The predicted octanol–water partition coefficient (Wildman–Crippen LogP) is 0.398. The van der Waals surface area contributed by atoms with E-state index in [1.54, 1.807) is 12.1 Å². The molecule has 0 N–H and O–H groups in total. The molecule has 0 fully saturated rings. The summed E-state index contributed by atoms with van der Waals surface area (Å²) >= 11 is 0. The van der Waals surface area contributed by atoms with Crippen molar-refractivity contribution in [1.82, 2.24) is 9.29 Å². The van der Waals surface area contributed by atoms with E-state index in [1.165, 1.54) is 24.6 Å². The van der Waals surface area contributed by atoms with Crippen molar-refractivity contribution in [2.24, 2.45) is 0 Å². The van der Waals surface area contributed by atoms with Crippen molar-refractivity contribution in [3.05, 3.63) is 18.3 Å². The first kappa shape index (κ1) is 11.9. The monoisotopic (exact) mass is 229 g/mol. The van der Waals surface area contributed by atoms with Gasteiger partial charge in [-0.05, 0) is 12.1 Å². The number of sulfonamides is 1. The average Bonchev–Trinajstić information content (AvgIpc) is 2.17. The Morgan fingerprint density at radius 1 is 1.13 bits per heavy atom. The zero-order chi connectivity index (χ0) is 11.6. The van der Waals surface area contributed by atoms with Crippen molar-refractivity contribution in [3.8, 4) is 0 Å². The van der Waals surface area contributed by atoms with E-state index in [-0.39, 0.29) is 4.90 Å². The van der Waals surface area contributed by atoms with Crippen LogP contribution in [-0.4, -0.2) is 45.9 Å². The van der Waals surface area contributed by atoms with Crippen LogP contribution in [0.15, 0.2) is 23.2 Å². The van der Waals surface area contributed by atoms with Crippen LogP contribution in [0.2, 0.25) is 0 Å². The van der Waals surface area contributed by atoms with E-state index in [2.05, 4.69) is 4.98 Å². The van der Waals surface area contributed by atoms with Crippen LogP contribution in [0.3, 0.4) is 0 Å². The predicted molar refractivity (Wildman–Crippen MR) is 59.4 cm³/mol. The molecule has 0 aliphatic carbocycles. The summed E-state index contributed by atoms with van der Waals surface area (Å²) in [4.78, 5) is 6.07. The SMILES string of the molecule is CN(C)c1ccc(S(=O)(=O)N(C)C)cn1. The largest absolute Gasteiger partial charge is 0.363 e.